The minimum atomic E-state index is -0.929. The van der Waals surface area contributed by atoms with Crippen molar-refractivity contribution in [1.29, 1.82) is 0 Å². The molecule has 0 saturated carbocycles. The van der Waals surface area contributed by atoms with E-state index in [1.807, 2.05) is 23.9 Å². The summed E-state index contributed by atoms with van der Waals surface area (Å²) in [7, 11) is 0. The molecule has 2 rings (SSSR count). The van der Waals surface area contributed by atoms with Crippen molar-refractivity contribution in [3.63, 3.8) is 0 Å². The number of anilines is 1. The van der Waals surface area contributed by atoms with Gasteiger partial charge in [0.25, 0.3) is 0 Å². The molecule has 0 spiro atoms. The fraction of sp³-hybridized carbons (Fsp3) is 0.357. The number of nitrogens with one attached hydrogen (secondary N) is 1. The van der Waals surface area contributed by atoms with Crippen molar-refractivity contribution in [3.05, 3.63) is 41.9 Å². The van der Waals surface area contributed by atoms with Crippen LogP contribution < -0.4 is 5.32 Å². The van der Waals surface area contributed by atoms with Gasteiger partial charge in [-0.3, -0.25) is 4.68 Å². The monoisotopic (exact) mass is 274 g/mol. The Morgan fingerprint density at radius 1 is 1.45 bits per heavy atom. The number of aromatic carboxylic acids is 1. The molecule has 0 aliphatic rings. The third-order valence-corrected chi connectivity index (χ3v) is 2.92. The highest BCUT2D eigenvalue weighted by Crippen LogP contribution is 2.11. The molecule has 6 nitrogen and oxygen atoms in total. The first-order valence-corrected chi connectivity index (χ1v) is 6.64. The van der Waals surface area contributed by atoms with Crippen LogP contribution in [0.1, 0.15) is 29.4 Å². The molecule has 0 atom stereocenters. The van der Waals surface area contributed by atoms with E-state index in [2.05, 4.69) is 15.4 Å². The lowest BCUT2D eigenvalue weighted by atomic mass is 10.2. The van der Waals surface area contributed by atoms with E-state index in [0.717, 1.165) is 25.2 Å². The van der Waals surface area contributed by atoms with Crippen LogP contribution in [0.15, 0.2) is 30.6 Å². The van der Waals surface area contributed by atoms with Crippen LogP contribution in [0.3, 0.4) is 0 Å². The maximum absolute atomic E-state index is 11.0. The first kappa shape index (κ1) is 14.0. The molecular weight excluding hydrogens is 256 g/mol. The molecule has 2 N–H and O–H groups in total. The smallest absolute Gasteiger partial charge is 0.335 e. The molecule has 2 aromatic heterocycles. The lowest BCUT2D eigenvalue weighted by molar-refractivity contribution is 0.0696. The predicted octanol–water partition coefficient (Wildman–Crippen LogP) is 2.04. The average molecular weight is 274 g/mol. The maximum Gasteiger partial charge on any atom is 0.335 e. The van der Waals surface area contributed by atoms with E-state index in [4.69, 9.17) is 5.11 Å². The van der Waals surface area contributed by atoms with Gasteiger partial charge in [-0.1, -0.05) is 6.92 Å². The predicted molar refractivity (Wildman–Crippen MR) is 75.9 cm³/mol. The summed E-state index contributed by atoms with van der Waals surface area (Å²) in [6.45, 7) is 3.49. The standard InChI is InChI=1S/C14H18N4O2/c1-2-12-9-11(14(19)20)10-13(17-12)15-5-3-7-18-8-4-6-16-18/h4,6,8-10H,2-3,5,7H2,1H3,(H,15,17)(H,19,20). The van der Waals surface area contributed by atoms with E-state index < -0.39 is 5.97 Å². The number of carboxylic acid groups (broad SMARTS) is 1. The van der Waals surface area contributed by atoms with Gasteiger partial charge in [-0.25, -0.2) is 9.78 Å². The zero-order valence-electron chi connectivity index (χ0n) is 11.4. The summed E-state index contributed by atoms with van der Waals surface area (Å²) in [5, 5.41) is 16.3. The molecule has 20 heavy (non-hydrogen) atoms. The van der Waals surface area contributed by atoms with Crippen molar-refractivity contribution in [2.45, 2.75) is 26.3 Å². The van der Waals surface area contributed by atoms with Crippen LogP contribution in [0.4, 0.5) is 5.82 Å². The minimum Gasteiger partial charge on any atom is -0.478 e. The molecule has 0 aromatic carbocycles. The molecule has 0 aliphatic heterocycles. The number of carbonyl (C=O) groups is 1. The molecule has 6 heteroatoms. The Bertz CT molecular complexity index is 567. The average Bonchev–Trinajstić information content (AvgIpc) is 2.96. The number of nitrogens with zero attached hydrogens (tertiary/aromatic N) is 3. The largest absolute Gasteiger partial charge is 0.478 e. The zero-order chi connectivity index (χ0) is 14.4. The molecule has 0 amide bonds. The number of hydrogen-bond acceptors (Lipinski definition) is 4. The summed E-state index contributed by atoms with van der Waals surface area (Å²) in [5.41, 5.74) is 1.05. The Morgan fingerprint density at radius 3 is 2.95 bits per heavy atom. The zero-order valence-corrected chi connectivity index (χ0v) is 11.4. The molecule has 0 radical (unpaired) electrons. The number of hydrogen-bond donors (Lipinski definition) is 2. The van der Waals surface area contributed by atoms with Gasteiger partial charge in [-0.15, -0.1) is 0 Å². The van der Waals surface area contributed by atoms with Crippen LogP contribution in [0, 0.1) is 0 Å². The van der Waals surface area contributed by atoms with Crippen LogP contribution in [0.5, 0.6) is 0 Å². The van der Waals surface area contributed by atoms with E-state index in [1.54, 1.807) is 18.3 Å². The number of pyridine rings is 1. The molecule has 0 unspecified atom stereocenters. The number of carboxylic acids is 1. The third kappa shape index (κ3) is 3.81. The summed E-state index contributed by atoms with van der Waals surface area (Å²) >= 11 is 0. The van der Waals surface area contributed by atoms with Gasteiger partial charge in [-0.2, -0.15) is 5.10 Å². The Balaban J connectivity index is 1.91. The molecule has 0 aliphatic carbocycles. The second kappa shape index (κ2) is 6.70. The van der Waals surface area contributed by atoms with Gasteiger partial charge in [0.1, 0.15) is 5.82 Å². The van der Waals surface area contributed by atoms with Crippen molar-refractivity contribution in [2.24, 2.45) is 0 Å². The van der Waals surface area contributed by atoms with Gasteiger partial charge in [-0.05, 0) is 31.0 Å². The second-order valence-corrected chi connectivity index (χ2v) is 4.44. The van der Waals surface area contributed by atoms with Crippen molar-refractivity contribution in [3.8, 4) is 0 Å². The van der Waals surface area contributed by atoms with Crippen LogP contribution in [0.2, 0.25) is 0 Å². The fourth-order valence-electron chi connectivity index (χ4n) is 1.87. The Labute approximate surface area is 117 Å². The van der Waals surface area contributed by atoms with Gasteiger partial charge >= 0.3 is 5.97 Å². The van der Waals surface area contributed by atoms with Gasteiger partial charge in [0.2, 0.25) is 0 Å². The molecule has 0 bridgehead atoms. The van der Waals surface area contributed by atoms with E-state index in [9.17, 15) is 4.79 Å². The first-order chi connectivity index (χ1) is 9.69. The molecule has 106 valence electrons. The Hall–Kier alpha value is -2.37. The molecule has 2 heterocycles. The lowest BCUT2D eigenvalue weighted by Gasteiger charge is -2.08. The summed E-state index contributed by atoms with van der Waals surface area (Å²) < 4.78 is 1.86. The lowest BCUT2D eigenvalue weighted by Crippen LogP contribution is -2.10. The van der Waals surface area contributed by atoms with E-state index in [-0.39, 0.29) is 5.56 Å². The highest BCUT2D eigenvalue weighted by molar-refractivity contribution is 5.88. The van der Waals surface area contributed by atoms with Crippen molar-refractivity contribution in [2.75, 3.05) is 11.9 Å². The topological polar surface area (TPSA) is 80.0 Å². The van der Waals surface area contributed by atoms with Crippen molar-refractivity contribution >= 4 is 11.8 Å². The van der Waals surface area contributed by atoms with Gasteiger partial charge in [0.15, 0.2) is 0 Å². The Morgan fingerprint density at radius 2 is 2.30 bits per heavy atom. The van der Waals surface area contributed by atoms with E-state index >= 15 is 0 Å². The van der Waals surface area contributed by atoms with Crippen molar-refractivity contribution in [1.82, 2.24) is 14.8 Å². The summed E-state index contributed by atoms with van der Waals surface area (Å²) in [6, 6.07) is 5.06. The summed E-state index contributed by atoms with van der Waals surface area (Å²) in [5.74, 6) is -0.316. The van der Waals surface area contributed by atoms with Gasteiger partial charge in [0.05, 0.1) is 5.56 Å². The van der Waals surface area contributed by atoms with E-state index in [1.165, 1.54) is 0 Å². The highest BCUT2D eigenvalue weighted by atomic mass is 16.4. The number of aromatic nitrogens is 3. The Kier molecular flexibility index (Phi) is 4.70. The first-order valence-electron chi connectivity index (χ1n) is 6.64. The minimum absolute atomic E-state index is 0.270. The van der Waals surface area contributed by atoms with E-state index in [0.29, 0.717) is 12.2 Å². The van der Waals surface area contributed by atoms with Crippen LogP contribution in [0.25, 0.3) is 0 Å². The maximum atomic E-state index is 11.0. The summed E-state index contributed by atoms with van der Waals surface area (Å²) in [4.78, 5) is 15.4. The van der Waals surface area contributed by atoms with Crippen molar-refractivity contribution < 1.29 is 9.90 Å². The van der Waals surface area contributed by atoms with Gasteiger partial charge in [0, 0.05) is 31.2 Å². The third-order valence-electron chi connectivity index (χ3n) is 2.92. The number of aryl methyl sites for hydroxylation is 2. The molecule has 0 saturated heterocycles. The fourth-order valence-corrected chi connectivity index (χ4v) is 1.87. The van der Waals surface area contributed by atoms with Gasteiger partial charge < -0.3 is 10.4 Å². The molecule has 0 fully saturated rings. The summed E-state index contributed by atoms with van der Waals surface area (Å²) in [6.07, 6.45) is 5.27. The van der Waals surface area contributed by atoms with Crippen LogP contribution in [-0.4, -0.2) is 32.4 Å². The normalized spacial score (nSPS) is 10.4. The quantitative estimate of drug-likeness (QED) is 0.755. The molecule has 2 aromatic rings. The molecular formula is C14H18N4O2. The second-order valence-electron chi connectivity index (χ2n) is 4.44. The van der Waals surface area contributed by atoms with Crippen LogP contribution >= 0.6 is 0 Å². The highest BCUT2D eigenvalue weighted by Gasteiger charge is 2.07. The number of rotatable bonds is 7. The SMILES string of the molecule is CCc1cc(C(=O)O)cc(NCCCn2cccn2)n1. The van der Waals surface area contributed by atoms with Crippen LogP contribution in [-0.2, 0) is 13.0 Å².